The summed E-state index contributed by atoms with van der Waals surface area (Å²) in [6.07, 6.45) is 3.62. The first-order chi connectivity index (χ1) is 7.79. The molecule has 1 fully saturated rings. The lowest BCUT2D eigenvalue weighted by Crippen LogP contribution is -2.24. The van der Waals surface area contributed by atoms with Crippen LogP contribution in [0.5, 0.6) is 0 Å². The highest BCUT2D eigenvalue weighted by molar-refractivity contribution is 5.97. The zero-order valence-electron chi connectivity index (χ0n) is 8.98. The van der Waals surface area contributed by atoms with Gasteiger partial charge in [-0.3, -0.25) is 4.79 Å². The Balaban J connectivity index is 1.89. The third kappa shape index (κ3) is 2.47. The lowest BCUT2D eigenvalue weighted by atomic mass is 9.96. The van der Waals surface area contributed by atoms with E-state index in [-0.39, 0.29) is 18.5 Å². The molecular weight excluding hydrogens is 202 g/mol. The van der Waals surface area contributed by atoms with Gasteiger partial charge in [-0.2, -0.15) is 5.26 Å². The minimum absolute atomic E-state index is 0.0172. The van der Waals surface area contributed by atoms with E-state index in [2.05, 4.69) is 0 Å². The van der Waals surface area contributed by atoms with Crippen molar-refractivity contribution in [1.82, 2.24) is 0 Å². The normalized spacial score (nSPS) is 15.2. The molecule has 0 unspecified atom stereocenters. The molecule has 0 spiro atoms. The van der Waals surface area contributed by atoms with Gasteiger partial charge >= 0.3 is 0 Å². The van der Waals surface area contributed by atoms with Gasteiger partial charge in [-0.25, -0.2) is 0 Å². The van der Waals surface area contributed by atoms with E-state index in [0.717, 1.165) is 12.8 Å². The van der Waals surface area contributed by atoms with Crippen LogP contribution in [0.3, 0.4) is 0 Å². The highest BCUT2D eigenvalue weighted by Gasteiger charge is 2.19. The first kappa shape index (κ1) is 10.8. The maximum Gasteiger partial charge on any atom is 0.188 e. The number of Topliss-reactive ketones (excluding diaryl/α,β-unsaturated/α-hetero) is 1. The molecule has 0 N–H and O–H groups in total. The Kier molecular flexibility index (Phi) is 3.33. The van der Waals surface area contributed by atoms with Gasteiger partial charge in [-0.1, -0.05) is 12.1 Å². The number of hydrogen-bond donors (Lipinski definition) is 0. The second-order valence-electron chi connectivity index (χ2n) is 3.98. The molecule has 3 heteroatoms. The maximum atomic E-state index is 11.7. The van der Waals surface area contributed by atoms with Crippen molar-refractivity contribution in [3.63, 3.8) is 0 Å². The summed E-state index contributed by atoms with van der Waals surface area (Å²) in [7, 11) is 0. The molecule has 2 rings (SSSR count). The summed E-state index contributed by atoms with van der Waals surface area (Å²) in [5.74, 6) is -0.0172. The Morgan fingerprint density at radius 3 is 2.56 bits per heavy atom. The molecule has 0 aromatic heterocycles. The third-order valence-electron chi connectivity index (χ3n) is 2.84. The lowest BCUT2D eigenvalue weighted by molar-refractivity contribution is 0.00731. The summed E-state index contributed by atoms with van der Waals surface area (Å²) in [6, 6.07) is 8.66. The van der Waals surface area contributed by atoms with Gasteiger partial charge in [0, 0.05) is 5.56 Å². The van der Waals surface area contributed by atoms with Crippen LogP contribution in [-0.4, -0.2) is 18.5 Å². The van der Waals surface area contributed by atoms with Crippen LogP contribution in [0.4, 0.5) is 0 Å². The van der Waals surface area contributed by atoms with Crippen molar-refractivity contribution in [1.29, 1.82) is 5.26 Å². The molecule has 0 saturated heterocycles. The van der Waals surface area contributed by atoms with Gasteiger partial charge in [0.1, 0.15) is 6.61 Å². The number of nitrogens with zero attached hydrogens (tertiary/aromatic N) is 1. The molecule has 16 heavy (non-hydrogen) atoms. The van der Waals surface area contributed by atoms with Crippen molar-refractivity contribution in [3.05, 3.63) is 35.4 Å². The van der Waals surface area contributed by atoms with E-state index in [4.69, 9.17) is 10.00 Å². The van der Waals surface area contributed by atoms with Gasteiger partial charge in [0.2, 0.25) is 0 Å². The first-order valence-corrected chi connectivity index (χ1v) is 5.44. The Bertz CT molecular complexity index is 413. The minimum atomic E-state index is -0.0172. The molecule has 1 aromatic rings. The molecule has 0 atom stereocenters. The highest BCUT2D eigenvalue weighted by Crippen LogP contribution is 2.21. The number of ketones is 1. The largest absolute Gasteiger partial charge is 0.370 e. The summed E-state index contributed by atoms with van der Waals surface area (Å²) in [6.45, 7) is 0.149. The average molecular weight is 215 g/mol. The molecule has 0 radical (unpaired) electrons. The lowest BCUT2D eigenvalue weighted by Gasteiger charge is -2.25. The average Bonchev–Trinajstić information content (AvgIpc) is 2.27. The SMILES string of the molecule is N#Cc1ccc(C(=O)COC2CCC2)cc1. The fourth-order valence-electron chi connectivity index (χ4n) is 1.54. The topological polar surface area (TPSA) is 50.1 Å². The van der Waals surface area contributed by atoms with Crippen LogP contribution in [0, 0.1) is 11.3 Å². The molecule has 82 valence electrons. The van der Waals surface area contributed by atoms with Gasteiger partial charge < -0.3 is 4.74 Å². The van der Waals surface area contributed by atoms with E-state index in [1.807, 2.05) is 6.07 Å². The van der Waals surface area contributed by atoms with Crippen molar-refractivity contribution in [3.8, 4) is 6.07 Å². The zero-order chi connectivity index (χ0) is 11.4. The molecular formula is C13H13NO2. The third-order valence-corrected chi connectivity index (χ3v) is 2.84. The fourth-order valence-corrected chi connectivity index (χ4v) is 1.54. The number of nitriles is 1. The summed E-state index contributed by atoms with van der Waals surface area (Å²) in [5.41, 5.74) is 1.18. The Morgan fingerprint density at radius 2 is 2.06 bits per heavy atom. The minimum Gasteiger partial charge on any atom is -0.370 e. The molecule has 0 amide bonds. The van der Waals surface area contributed by atoms with Crippen LogP contribution in [0.25, 0.3) is 0 Å². The zero-order valence-corrected chi connectivity index (χ0v) is 8.98. The van der Waals surface area contributed by atoms with E-state index in [0.29, 0.717) is 11.1 Å². The van der Waals surface area contributed by atoms with E-state index in [9.17, 15) is 4.79 Å². The number of rotatable bonds is 4. The molecule has 1 aliphatic rings. The summed E-state index contributed by atoms with van der Waals surface area (Å²) in [4.78, 5) is 11.7. The van der Waals surface area contributed by atoms with Gasteiger partial charge in [-0.15, -0.1) is 0 Å². The molecule has 3 nitrogen and oxygen atoms in total. The van der Waals surface area contributed by atoms with E-state index in [1.54, 1.807) is 24.3 Å². The van der Waals surface area contributed by atoms with Crippen molar-refractivity contribution < 1.29 is 9.53 Å². The quantitative estimate of drug-likeness (QED) is 0.724. The van der Waals surface area contributed by atoms with Crippen LogP contribution in [0.1, 0.15) is 35.2 Å². The number of benzene rings is 1. The molecule has 1 saturated carbocycles. The van der Waals surface area contributed by atoms with E-state index < -0.39 is 0 Å². The van der Waals surface area contributed by atoms with Gasteiger partial charge in [0.15, 0.2) is 5.78 Å². The van der Waals surface area contributed by atoms with Gasteiger partial charge in [0.05, 0.1) is 17.7 Å². The van der Waals surface area contributed by atoms with E-state index in [1.165, 1.54) is 6.42 Å². The highest BCUT2D eigenvalue weighted by atomic mass is 16.5. The summed E-state index contributed by atoms with van der Waals surface area (Å²) in [5, 5.41) is 8.62. The molecule has 0 aliphatic heterocycles. The van der Waals surface area contributed by atoms with Gasteiger partial charge in [-0.05, 0) is 31.4 Å². The van der Waals surface area contributed by atoms with Crippen LogP contribution < -0.4 is 0 Å². The van der Waals surface area contributed by atoms with Crippen LogP contribution in [0.2, 0.25) is 0 Å². The second kappa shape index (κ2) is 4.91. The van der Waals surface area contributed by atoms with Crippen molar-refractivity contribution in [2.24, 2.45) is 0 Å². The Hall–Kier alpha value is -1.66. The Morgan fingerprint density at radius 1 is 1.38 bits per heavy atom. The smallest absolute Gasteiger partial charge is 0.188 e. The van der Waals surface area contributed by atoms with Gasteiger partial charge in [0.25, 0.3) is 0 Å². The molecule has 0 bridgehead atoms. The van der Waals surface area contributed by atoms with Crippen LogP contribution in [0.15, 0.2) is 24.3 Å². The van der Waals surface area contributed by atoms with Crippen LogP contribution >= 0.6 is 0 Å². The standard InChI is InChI=1S/C13H13NO2/c14-8-10-4-6-11(7-5-10)13(15)9-16-12-2-1-3-12/h4-7,12H,1-3,9H2. The molecule has 1 aromatic carbocycles. The van der Waals surface area contributed by atoms with Crippen LogP contribution in [-0.2, 0) is 4.74 Å². The summed E-state index contributed by atoms with van der Waals surface area (Å²) >= 11 is 0. The predicted octanol–water partition coefficient (Wildman–Crippen LogP) is 2.31. The molecule has 1 aliphatic carbocycles. The summed E-state index contributed by atoms with van der Waals surface area (Å²) < 4.78 is 5.44. The van der Waals surface area contributed by atoms with E-state index >= 15 is 0 Å². The monoisotopic (exact) mass is 215 g/mol. The number of carbonyl (C=O) groups excluding carboxylic acids is 1. The van der Waals surface area contributed by atoms with Crippen molar-refractivity contribution >= 4 is 5.78 Å². The fraction of sp³-hybridized carbons (Fsp3) is 0.385. The Labute approximate surface area is 94.6 Å². The van der Waals surface area contributed by atoms with Crippen molar-refractivity contribution in [2.45, 2.75) is 25.4 Å². The molecule has 0 heterocycles. The second-order valence-corrected chi connectivity index (χ2v) is 3.98. The first-order valence-electron chi connectivity index (χ1n) is 5.44. The van der Waals surface area contributed by atoms with Crippen molar-refractivity contribution in [2.75, 3.05) is 6.61 Å². The number of ether oxygens (including phenoxy) is 1. The number of carbonyl (C=O) groups is 1. The predicted molar refractivity (Wildman–Crippen MR) is 59.1 cm³/mol. The maximum absolute atomic E-state index is 11.7. The number of hydrogen-bond acceptors (Lipinski definition) is 3.